The average Bonchev–Trinajstić information content (AvgIpc) is 2.64. The molecule has 0 amide bonds. The largest absolute Gasteiger partial charge is 0.466 e. The van der Waals surface area contributed by atoms with Crippen LogP contribution in [-0.2, 0) is 4.74 Å². The second-order valence-corrected chi connectivity index (χ2v) is 6.92. The van der Waals surface area contributed by atoms with Gasteiger partial charge in [-0.05, 0) is 62.8 Å². The summed E-state index contributed by atoms with van der Waals surface area (Å²) in [5.74, 6) is 0. The summed E-state index contributed by atoms with van der Waals surface area (Å²) in [5.41, 5.74) is 2.24. The van der Waals surface area contributed by atoms with Gasteiger partial charge in [-0.2, -0.15) is 0 Å². The summed E-state index contributed by atoms with van der Waals surface area (Å²) in [4.78, 5) is 2.54. The molecule has 1 saturated heterocycles. The van der Waals surface area contributed by atoms with Crippen molar-refractivity contribution in [3.63, 3.8) is 0 Å². The van der Waals surface area contributed by atoms with Gasteiger partial charge in [0.15, 0.2) is 0 Å². The van der Waals surface area contributed by atoms with Gasteiger partial charge in [0.1, 0.15) is 6.10 Å². The summed E-state index contributed by atoms with van der Waals surface area (Å²) >= 11 is 5.43. The molecule has 2 atom stereocenters. The molecule has 0 bridgehead atoms. The lowest BCUT2D eigenvalue weighted by Gasteiger charge is -2.38. The Morgan fingerprint density at radius 1 is 0.960 bits per heavy atom. The summed E-state index contributed by atoms with van der Waals surface area (Å²) in [5, 5.41) is 3.60. The van der Waals surface area contributed by atoms with Gasteiger partial charge in [-0.15, -0.1) is 0 Å². The maximum absolute atomic E-state index is 6.10. The lowest BCUT2D eigenvalue weighted by molar-refractivity contribution is 0.0582. The molecule has 1 aliphatic heterocycles. The standard InChI is InChI=1S/C21H26N2OS/c1-17(24-21(25)22-19-13-7-3-8-14-19)20(18-11-5-2-6-12-18)23-15-9-4-10-16-23/h2-3,5-8,11-14,17,20H,4,9-10,15-16H2,1H3,(H,22,25)/t17-,20-/m0/s1. The van der Waals surface area contributed by atoms with E-state index in [4.69, 9.17) is 17.0 Å². The SMILES string of the molecule is C[C@H](OC(=S)Nc1ccccc1)[C@@H](c1ccccc1)N1CCCCC1. The highest BCUT2D eigenvalue weighted by atomic mass is 32.1. The summed E-state index contributed by atoms with van der Waals surface area (Å²) in [7, 11) is 0. The fourth-order valence-corrected chi connectivity index (χ4v) is 3.80. The molecule has 3 rings (SSSR count). The van der Waals surface area contributed by atoms with Crippen LogP contribution in [-0.4, -0.2) is 29.3 Å². The number of thiocarbonyl (C=S) groups is 1. The maximum Gasteiger partial charge on any atom is 0.261 e. The molecule has 0 saturated carbocycles. The number of likely N-dealkylation sites (tertiary alicyclic amines) is 1. The predicted octanol–water partition coefficient (Wildman–Crippen LogP) is 5.02. The molecule has 0 unspecified atom stereocenters. The number of benzene rings is 2. The van der Waals surface area contributed by atoms with Gasteiger partial charge in [-0.25, -0.2) is 0 Å². The van der Waals surface area contributed by atoms with E-state index in [2.05, 4.69) is 47.5 Å². The first-order valence-corrected chi connectivity index (χ1v) is 9.46. The van der Waals surface area contributed by atoms with Gasteiger partial charge in [0.2, 0.25) is 0 Å². The van der Waals surface area contributed by atoms with E-state index in [-0.39, 0.29) is 12.1 Å². The van der Waals surface area contributed by atoms with Crippen molar-refractivity contribution < 1.29 is 4.74 Å². The van der Waals surface area contributed by atoms with Gasteiger partial charge in [0.05, 0.1) is 6.04 Å². The number of nitrogens with one attached hydrogen (secondary N) is 1. The lowest BCUT2D eigenvalue weighted by atomic mass is 9.98. The van der Waals surface area contributed by atoms with Crippen LogP contribution in [0.15, 0.2) is 60.7 Å². The second-order valence-electron chi connectivity index (χ2n) is 6.55. The highest BCUT2D eigenvalue weighted by Gasteiger charge is 2.29. The van der Waals surface area contributed by atoms with Gasteiger partial charge in [0, 0.05) is 5.69 Å². The molecule has 0 aromatic heterocycles. The van der Waals surface area contributed by atoms with E-state index in [0.717, 1.165) is 18.8 Å². The Morgan fingerprint density at radius 2 is 1.56 bits per heavy atom. The molecule has 2 aromatic rings. The van der Waals surface area contributed by atoms with Gasteiger partial charge >= 0.3 is 0 Å². The number of para-hydroxylation sites is 1. The smallest absolute Gasteiger partial charge is 0.261 e. The minimum atomic E-state index is -0.0239. The average molecular weight is 355 g/mol. The summed E-state index contributed by atoms with van der Waals surface area (Å²) in [6, 6.07) is 20.8. The van der Waals surface area contributed by atoms with Gasteiger partial charge in [-0.1, -0.05) is 55.0 Å². The van der Waals surface area contributed by atoms with Crippen LogP contribution in [0.4, 0.5) is 5.69 Å². The summed E-state index contributed by atoms with van der Waals surface area (Å²) in [6.07, 6.45) is 3.80. The lowest BCUT2D eigenvalue weighted by Crippen LogP contribution is -2.41. The summed E-state index contributed by atoms with van der Waals surface area (Å²) in [6.45, 7) is 4.35. The van der Waals surface area contributed by atoms with Crippen molar-refractivity contribution in [1.82, 2.24) is 4.90 Å². The molecule has 1 N–H and O–H groups in total. The van der Waals surface area contributed by atoms with E-state index in [0.29, 0.717) is 5.17 Å². The molecular formula is C21H26N2OS. The normalized spacial score (nSPS) is 17.5. The molecule has 1 fully saturated rings. The minimum absolute atomic E-state index is 0.0239. The van der Waals surface area contributed by atoms with E-state index in [1.165, 1.54) is 24.8 Å². The predicted molar refractivity (Wildman–Crippen MR) is 108 cm³/mol. The number of rotatable bonds is 5. The fourth-order valence-electron chi connectivity index (χ4n) is 3.53. The Kier molecular flexibility index (Phi) is 6.42. The molecule has 25 heavy (non-hydrogen) atoms. The van der Waals surface area contributed by atoms with Gasteiger partial charge in [-0.3, -0.25) is 4.90 Å². The quantitative estimate of drug-likeness (QED) is 0.762. The van der Waals surface area contributed by atoms with Crippen molar-refractivity contribution in [1.29, 1.82) is 0 Å². The first kappa shape index (κ1) is 17.9. The Hall–Kier alpha value is -1.91. The third-order valence-electron chi connectivity index (χ3n) is 4.68. The van der Waals surface area contributed by atoms with E-state index >= 15 is 0 Å². The third kappa shape index (κ3) is 5.03. The highest BCUT2D eigenvalue weighted by molar-refractivity contribution is 7.80. The maximum atomic E-state index is 6.10. The van der Waals surface area contributed by atoms with E-state index in [9.17, 15) is 0 Å². The van der Waals surface area contributed by atoms with Gasteiger partial charge < -0.3 is 10.1 Å². The van der Waals surface area contributed by atoms with Crippen LogP contribution in [0, 0.1) is 0 Å². The minimum Gasteiger partial charge on any atom is -0.466 e. The van der Waals surface area contributed by atoms with Crippen molar-refractivity contribution in [3.05, 3.63) is 66.2 Å². The molecule has 4 heteroatoms. The number of ether oxygens (including phenoxy) is 1. The van der Waals surface area contributed by atoms with Crippen molar-refractivity contribution >= 4 is 23.1 Å². The Balaban J connectivity index is 1.70. The van der Waals surface area contributed by atoms with Gasteiger partial charge in [0.25, 0.3) is 5.17 Å². The van der Waals surface area contributed by atoms with E-state index in [1.807, 2.05) is 30.3 Å². The Morgan fingerprint density at radius 3 is 2.20 bits per heavy atom. The molecule has 0 radical (unpaired) electrons. The third-order valence-corrected chi connectivity index (χ3v) is 4.88. The topological polar surface area (TPSA) is 24.5 Å². The molecule has 3 nitrogen and oxygen atoms in total. The zero-order valence-electron chi connectivity index (χ0n) is 14.7. The monoisotopic (exact) mass is 354 g/mol. The van der Waals surface area contributed by atoms with Crippen LogP contribution < -0.4 is 5.32 Å². The van der Waals surface area contributed by atoms with Crippen molar-refractivity contribution in [2.24, 2.45) is 0 Å². The number of hydrogen-bond acceptors (Lipinski definition) is 3. The Labute approximate surface area is 156 Å². The molecule has 1 aliphatic rings. The molecule has 0 aliphatic carbocycles. The second kappa shape index (κ2) is 8.97. The van der Waals surface area contributed by atoms with Crippen molar-refractivity contribution in [3.8, 4) is 0 Å². The van der Waals surface area contributed by atoms with Crippen LogP contribution >= 0.6 is 12.2 Å². The number of anilines is 1. The number of piperidine rings is 1. The first-order chi connectivity index (χ1) is 12.2. The number of nitrogens with zero attached hydrogens (tertiary/aromatic N) is 1. The molecule has 0 spiro atoms. The van der Waals surface area contributed by atoms with E-state index in [1.54, 1.807) is 0 Å². The van der Waals surface area contributed by atoms with Crippen LogP contribution in [0.2, 0.25) is 0 Å². The first-order valence-electron chi connectivity index (χ1n) is 9.06. The Bertz CT molecular complexity index is 656. The van der Waals surface area contributed by atoms with Crippen LogP contribution in [0.3, 0.4) is 0 Å². The molecular weight excluding hydrogens is 328 g/mol. The molecule has 2 aromatic carbocycles. The zero-order chi connectivity index (χ0) is 17.5. The van der Waals surface area contributed by atoms with Crippen LogP contribution in [0.1, 0.15) is 37.8 Å². The fraction of sp³-hybridized carbons (Fsp3) is 0.381. The van der Waals surface area contributed by atoms with Crippen molar-refractivity contribution in [2.75, 3.05) is 18.4 Å². The molecule has 1 heterocycles. The zero-order valence-corrected chi connectivity index (χ0v) is 15.5. The van der Waals surface area contributed by atoms with Crippen molar-refractivity contribution in [2.45, 2.75) is 38.3 Å². The van der Waals surface area contributed by atoms with E-state index < -0.39 is 0 Å². The number of hydrogen-bond donors (Lipinski definition) is 1. The summed E-state index contributed by atoms with van der Waals surface area (Å²) < 4.78 is 6.10. The van der Waals surface area contributed by atoms with Crippen LogP contribution in [0.5, 0.6) is 0 Å². The highest BCUT2D eigenvalue weighted by Crippen LogP contribution is 2.29. The molecule has 132 valence electrons. The van der Waals surface area contributed by atoms with Crippen LogP contribution in [0.25, 0.3) is 0 Å².